The molecule has 0 radical (unpaired) electrons. The van der Waals surface area contributed by atoms with E-state index in [9.17, 15) is 0 Å². The fourth-order valence-electron chi connectivity index (χ4n) is 1.86. The normalized spacial score (nSPS) is 9.95. The lowest BCUT2D eigenvalue weighted by Crippen LogP contribution is -2.07. The van der Waals surface area contributed by atoms with Crippen LogP contribution in [0.4, 0.5) is 5.95 Å². The molecule has 3 rings (SSSR count). The predicted octanol–water partition coefficient (Wildman–Crippen LogP) is 3.27. The third-order valence-corrected chi connectivity index (χ3v) is 2.68. The van der Waals surface area contributed by atoms with Gasteiger partial charge in [0.2, 0.25) is 5.95 Å². The molecule has 0 aliphatic heterocycles. The Morgan fingerprint density at radius 1 is 1.10 bits per heavy atom. The Labute approximate surface area is 118 Å². The number of aromatic nitrogens is 4. The van der Waals surface area contributed by atoms with Crippen LogP contribution in [0.15, 0.2) is 42.7 Å². The molecule has 2 heterocycles. The average Bonchev–Trinajstić information content (AvgIpc) is 2.97. The van der Waals surface area contributed by atoms with Crippen molar-refractivity contribution in [3.05, 3.63) is 42.7 Å². The van der Waals surface area contributed by atoms with Crippen LogP contribution in [0.25, 0.3) is 16.7 Å². The SMILES string of the molecule is CC.CCNc1ncnn1-c1ccc2ccccc2n1. The summed E-state index contributed by atoms with van der Waals surface area (Å²) in [7, 11) is 0. The number of rotatable bonds is 3. The molecule has 0 atom stereocenters. The third kappa shape index (κ3) is 2.77. The molecule has 0 aliphatic carbocycles. The molecular weight excluding hydrogens is 250 g/mol. The quantitative estimate of drug-likeness (QED) is 0.792. The van der Waals surface area contributed by atoms with Gasteiger partial charge in [0.15, 0.2) is 5.82 Å². The van der Waals surface area contributed by atoms with E-state index in [0.717, 1.165) is 23.3 Å². The highest BCUT2D eigenvalue weighted by Crippen LogP contribution is 2.15. The van der Waals surface area contributed by atoms with Crippen molar-refractivity contribution in [3.8, 4) is 5.82 Å². The maximum absolute atomic E-state index is 4.58. The maximum Gasteiger partial charge on any atom is 0.227 e. The number of hydrogen-bond acceptors (Lipinski definition) is 4. The first-order valence-corrected chi connectivity index (χ1v) is 6.88. The third-order valence-electron chi connectivity index (χ3n) is 2.68. The second kappa shape index (κ2) is 6.65. The van der Waals surface area contributed by atoms with Gasteiger partial charge in [-0.05, 0) is 25.1 Å². The van der Waals surface area contributed by atoms with E-state index in [4.69, 9.17) is 0 Å². The van der Waals surface area contributed by atoms with Crippen LogP contribution in [0.2, 0.25) is 0 Å². The molecule has 3 aromatic rings. The number of pyridine rings is 1. The van der Waals surface area contributed by atoms with Crippen molar-refractivity contribution < 1.29 is 0 Å². The number of hydrogen-bond donors (Lipinski definition) is 1. The van der Waals surface area contributed by atoms with E-state index in [2.05, 4.69) is 20.4 Å². The van der Waals surface area contributed by atoms with Crippen LogP contribution in [0.3, 0.4) is 0 Å². The van der Waals surface area contributed by atoms with Gasteiger partial charge in [0, 0.05) is 11.9 Å². The predicted molar refractivity (Wildman–Crippen MR) is 82.2 cm³/mol. The zero-order valence-corrected chi connectivity index (χ0v) is 12.0. The van der Waals surface area contributed by atoms with Crippen molar-refractivity contribution in [3.63, 3.8) is 0 Å². The summed E-state index contributed by atoms with van der Waals surface area (Å²) in [5.41, 5.74) is 0.952. The van der Waals surface area contributed by atoms with Gasteiger partial charge < -0.3 is 5.32 Å². The topological polar surface area (TPSA) is 55.6 Å². The molecule has 0 saturated heterocycles. The molecule has 0 amide bonds. The van der Waals surface area contributed by atoms with Gasteiger partial charge in [-0.1, -0.05) is 32.0 Å². The molecule has 1 N–H and O–H groups in total. The molecule has 1 aromatic carbocycles. The van der Waals surface area contributed by atoms with Gasteiger partial charge in [-0.25, -0.2) is 4.98 Å². The highest BCUT2D eigenvalue weighted by Gasteiger charge is 2.07. The zero-order chi connectivity index (χ0) is 14.4. The second-order valence-corrected chi connectivity index (χ2v) is 3.89. The standard InChI is InChI=1S/C13H13N5.C2H6/c1-2-14-13-15-9-16-18(13)12-8-7-10-5-3-4-6-11(10)17-12;1-2/h3-9H,2H2,1H3,(H,14,15,16);1-2H3. The molecule has 0 fully saturated rings. The van der Waals surface area contributed by atoms with Crippen molar-refractivity contribution in [2.75, 3.05) is 11.9 Å². The molecule has 20 heavy (non-hydrogen) atoms. The number of nitrogens with one attached hydrogen (secondary N) is 1. The highest BCUT2D eigenvalue weighted by molar-refractivity contribution is 5.79. The molecule has 5 heteroatoms. The summed E-state index contributed by atoms with van der Waals surface area (Å²) in [5, 5.41) is 8.46. The number of para-hydroxylation sites is 1. The molecule has 104 valence electrons. The highest BCUT2D eigenvalue weighted by atomic mass is 15.4. The van der Waals surface area contributed by atoms with Crippen LogP contribution in [0, 0.1) is 0 Å². The van der Waals surface area contributed by atoms with Crippen LogP contribution in [0.5, 0.6) is 0 Å². The van der Waals surface area contributed by atoms with E-state index in [-0.39, 0.29) is 0 Å². The summed E-state index contributed by atoms with van der Waals surface area (Å²) in [6, 6.07) is 12.0. The largest absolute Gasteiger partial charge is 0.354 e. The Balaban J connectivity index is 0.000000704. The van der Waals surface area contributed by atoms with E-state index in [1.165, 1.54) is 6.33 Å². The van der Waals surface area contributed by atoms with Crippen LogP contribution < -0.4 is 5.32 Å². The van der Waals surface area contributed by atoms with Crippen molar-refractivity contribution in [2.24, 2.45) is 0 Å². The lowest BCUT2D eigenvalue weighted by molar-refractivity contribution is 0.851. The number of anilines is 1. The van der Waals surface area contributed by atoms with E-state index in [1.54, 1.807) is 4.68 Å². The fraction of sp³-hybridized carbons (Fsp3) is 0.267. The lowest BCUT2D eigenvalue weighted by Gasteiger charge is -2.06. The monoisotopic (exact) mass is 269 g/mol. The summed E-state index contributed by atoms with van der Waals surface area (Å²) in [5.74, 6) is 1.47. The van der Waals surface area contributed by atoms with Crippen molar-refractivity contribution in [1.29, 1.82) is 0 Å². The number of fused-ring (bicyclic) bond motifs is 1. The van der Waals surface area contributed by atoms with E-state index in [0.29, 0.717) is 5.95 Å². The molecular formula is C15H19N5. The molecule has 5 nitrogen and oxygen atoms in total. The molecule has 2 aromatic heterocycles. The summed E-state index contributed by atoms with van der Waals surface area (Å²) >= 11 is 0. The van der Waals surface area contributed by atoms with Gasteiger partial charge in [-0.3, -0.25) is 0 Å². The molecule has 0 saturated carbocycles. The van der Waals surface area contributed by atoms with Gasteiger partial charge in [0.05, 0.1) is 5.52 Å². The summed E-state index contributed by atoms with van der Waals surface area (Å²) in [6.07, 6.45) is 1.52. The lowest BCUT2D eigenvalue weighted by atomic mass is 10.2. The molecule has 0 bridgehead atoms. The van der Waals surface area contributed by atoms with Crippen LogP contribution in [-0.4, -0.2) is 26.3 Å². The van der Waals surface area contributed by atoms with Crippen LogP contribution in [0.1, 0.15) is 20.8 Å². The Hall–Kier alpha value is -2.43. The zero-order valence-electron chi connectivity index (χ0n) is 12.0. The Morgan fingerprint density at radius 2 is 1.90 bits per heavy atom. The first-order valence-electron chi connectivity index (χ1n) is 6.88. The second-order valence-electron chi connectivity index (χ2n) is 3.89. The van der Waals surface area contributed by atoms with Gasteiger partial charge in [0.1, 0.15) is 6.33 Å². The Kier molecular flexibility index (Phi) is 4.65. The Bertz CT molecular complexity index is 675. The Morgan fingerprint density at radius 3 is 2.70 bits per heavy atom. The van der Waals surface area contributed by atoms with Gasteiger partial charge in [-0.2, -0.15) is 14.8 Å². The molecule has 0 aliphatic rings. The van der Waals surface area contributed by atoms with Gasteiger partial charge >= 0.3 is 0 Å². The maximum atomic E-state index is 4.58. The molecule has 0 spiro atoms. The average molecular weight is 269 g/mol. The minimum Gasteiger partial charge on any atom is -0.354 e. The number of benzene rings is 1. The van der Waals surface area contributed by atoms with E-state index < -0.39 is 0 Å². The fourth-order valence-corrected chi connectivity index (χ4v) is 1.86. The summed E-state index contributed by atoms with van der Waals surface area (Å²) < 4.78 is 1.70. The minimum absolute atomic E-state index is 0.709. The first-order chi connectivity index (χ1) is 9.88. The number of nitrogens with zero attached hydrogens (tertiary/aromatic N) is 4. The van der Waals surface area contributed by atoms with Gasteiger partial charge in [-0.15, -0.1) is 0 Å². The van der Waals surface area contributed by atoms with Crippen molar-refractivity contribution in [2.45, 2.75) is 20.8 Å². The minimum atomic E-state index is 0.709. The first kappa shape index (κ1) is 14.0. The van der Waals surface area contributed by atoms with Gasteiger partial charge in [0.25, 0.3) is 0 Å². The summed E-state index contributed by atoms with van der Waals surface area (Å²) in [6.45, 7) is 6.82. The van der Waals surface area contributed by atoms with Crippen LogP contribution >= 0.6 is 0 Å². The van der Waals surface area contributed by atoms with Crippen LogP contribution in [-0.2, 0) is 0 Å². The van der Waals surface area contributed by atoms with Crippen molar-refractivity contribution >= 4 is 16.9 Å². The summed E-state index contributed by atoms with van der Waals surface area (Å²) in [4.78, 5) is 8.74. The smallest absolute Gasteiger partial charge is 0.227 e. The van der Waals surface area contributed by atoms with Crippen molar-refractivity contribution in [1.82, 2.24) is 19.7 Å². The van der Waals surface area contributed by atoms with E-state index >= 15 is 0 Å². The molecule has 0 unspecified atom stereocenters. The van der Waals surface area contributed by atoms with E-state index in [1.807, 2.05) is 57.2 Å².